The lowest BCUT2D eigenvalue weighted by Gasteiger charge is -2.17. The van der Waals surface area contributed by atoms with E-state index in [1.165, 1.54) is 0 Å². The molecule has 0 atom stereocenters. The first-order valence-corrected chi connectivity index (χ1v) is 7.74. The molecule has 1 amide bonds. The molecule has 1 aliphatic heterocycles. The first-order chi connectivity index (χ1) is 11.2. The molecule has 0 fully saturated rings. The van der Waals surface area contributed by atoms with Crippen LogP contribution in [0.1, 0.15) is 18.9 Å². The van der Waals surface area contributed by atoms with Gasteiger partial charge in [0.05, 0.1) is 13.1 Å². The quantitative estimate of drug-likeness (QED) is 0.206. The number of benzene rings is 1. The Balaban J connectivity index is 0.00000288. The number of nitrogens with zero attached hydrogens (tertiary/aromatic N) is 1. The van der Waals surface area contributed by atoms with Gasteiger partial charge in [0.15, 0.2) is 5.96 Å². The first kappa shape index (κ1) is 20.1. The maximum atomic E-state index is 11.3. The zero-order valence-electron chi connectivity index (χ0n) is 13.7. The molecule has 1 aromatic rings. The molecule has 1 heterocycles. The summed E-state index contributed by atoms with van der Waals surface area (Å²) in [6, 6.07) is 5.71. The van der Waals surface area contributed by atoms with Gasteiger partial charge in [-0.05, 0) is 37.1 Å². The molecule has 3 N–H and O–H groups in total. The number of ether oxygens (including phenoxy) is 1. The van der Waals surface area contributed by atoms with Crippen molar-refractivity contribution in [3.05, 3.63) is 23.8 Å². The minimum absolute atomic E-state index is 0. The van der Waals surface area contributed by atoms with Gasteiger partial charge in [-0.15, -0.1) is 30.4 Å². The number of terminal acetylenes is 1. The van der Waals surface area contributed by atoms with Crippen molar-refractivity contribution in [1.29, 1.82) is 0 Å². The molecule has 24 heavy (non-hydrogen) atoms. The van der Waals surface area contributed by atoms with Crippen molar-refractivity contribution < 1.29 is 9.53 Å². The third-order valence-electron chi connectivity index (χ3n) is 3.30. The number of rotatable bonds is 6. The molecule has 130 valence electrons. The van der Waals surface area contributed by atoms with E-state index in [-0.39, 0.29) is 29.9 Å². The number of aliphatic imine (C=N–C) groups is 1. The molecular formula is C17H23IN4O2. The standard InChI is InChI=1S/C17H22N4O2.HI/c1-3-9-19-17(18-4-2)20-10-11-23-14-6-7-15-13(12-14)5-8-16(22)21-15;/h1,6-7,12H,4-5,8-11H2,2H3,(H,21,22)(H2,18,19,20);1H. The molecule has 1 aliphatic rings. The largest absolute Gasteiger partial charge is 0.492 e. The molecule has 7 heteroatoms. The van der Waals surface area contributed by atoms with E-state index in [0.29, 0.717) is 32.1 Å². The minimum atomic E-state index is 0. The molecule has 1 aromatic carbocycles. The zero-order chi connectivity index (χ0) is 16.5. The van der Waals surface area contributed by atoms with Gasteiger partial charge in [-0.1, -0.05) is 5.92 Å². The molecule has 0 bridgehead atoms. The van der Waals surface area contributed by atoms with E-state index in [9.17, 15) is 4.79 Å². The van der Waals surface area contributed by atoms with E-state index in [0.717, 1.165) is 30.0 Å². The molecule has 2 rings (SSSR count). The van der Waals surface area contributed by atoms with E-state index < -0.39 is 0 Å². The van der Waals surface area contributed by atoms with Crippen LogP contribution in [0, 0.1) is 12.3 Å². The van der Waals surface area contributed by atoms with Crippen LogP contribution in [0.4, 0.5) is 5.69 Å². The molecule has 0 unspecified atom stereocenters. The number of carbonyl (C=O) groups excluding carboxylic acids is 1. The van der Waals surface area contributed by atoms with E-state index in [4.69, 9.17) is 11.2 Å². The van der Waals surface area contributed by atoms with Crippen LogP contribution < -0.4 is 20.7 Å². The second kappa shape index (κ2) is 10.8. The fraction of sp³-hybridized carbons (Fsp3) is 0.412. The summed E-state index contributed by atoms with van der Waals surface area (Å²) in [4.78, 5) is 15.7. The zero-order valence-corrected chi connectivity index (χ0v) is 16.1. The van der Waals surface area contributed by atoms with Crippen molar-refractivity contribution in [3.8, 4) is 18.1 Å². The van der Waals surface area contributed by atoms with Crippen molar-refractivity contribution >= 4 is 41.5 Å². The average Bonchev–Trinajstić information content (AvgIpc) is 2.56. The monoisotopic (exact) mass is 442 g/mol. The summed E-state index contributed by atoms with van der Waals surface area (Å²) in [5, 5.41) is 8.98. The van der Waals surface area contributed by atoms with E-state index in [2.05, 4.69) is 26.9 Å². The molecule has 0 aliphatic carbocycles. The van der Waals surface area contributed by atoms with Crippen LogP contribution in [0.5, 0.6) is 5.75 Å². The molecular weight excluding hydrogens is 419 g/mol. The summed E-state index contributed by atoms with van der Waals surface area (Å²) in [6.45, 7) is 4.19. The molecule has 6 nitrogen and oxygen atoms in total. The average molecular weight is 442 g/mol. The number of guanidine groups is 1. The summed E-state index contributed by atoms with van der Waals surface area (Å²) < 4.78 is 5.72. The Kier molecular flexibility index (Phi) is 9.01. The third-order valence-corrected chi connectivity index (χ3v) is 3.30. The lowest BCUT2D eigenvalue weighted by atomic mass is 10.0. The number of aryl methyl sites for hydroxylation is 1. The Bertz CT molecular complexity index is 626. The van der Waals surface area contributed by atoms with Crippen LogP contribution in [-0.2, 0) is 11.2 Å². The van der Waals surface area contributed by atoms with Gasteiger partial charge in [0.1, 0.15) is 12.4 Å². The number of carbonyl (C=O) groups is 1. The maximum Gasteiger partial charge on any atom is 0.224 e. The van der Waals surface area contributed by atoms with Gasteiger partial charge >= 0.3 is 0 Å². The minimum Gasteiger partial charge on any atom is -0.492 e. The van der Waals surface area contributed by atoms with Crippen molar-refractivity contribution in [2.24, 2.45) is 4.99 Å². The number of halogens is 1. The Morgan fingerprint density at radius 2 is 2.25 bits per heavy atom. The lowest BCUT2D eigenvalue weighted by molar-refractivity contribution is -0.116. The fourth-order valence-corrected chi connectivity index (χ4v) is 2.25. The predicted molar refractivity (Wildman–Crippen MR) is 107 cm³/mol. The number of hydrogen-bond acceptors (Lipinski definition) is 3. The van der Waals surface area contributed by atoms with Gasteiger partial charge in [0.2, 0.25) is 5.91 Å². The number of nitrogens with one attached hydrogen (secondary N) is 3. The Morgan fingerprint density at radius 1 is 1.42 bits per heavy atom. The third kappa shape index (κ3) is 6.28. The normalized spacial score (nSPS) is 13.0. The Morgan fingerprint density at radius 3 is 3.00 bits per heavy atom. The van der Waals surface area contributed by atoms with Crippen LogP contribution in [0.2, 0.25) is 0 Å². The topological polar surface area (TPSA) is 74.8 Å². The van der Waals surface area contributed by atoms with Crippen LogP contribution in [0.15, 0.2) is 23.2 Å². The van der Waals surface area contributed by atoms with Crippen LogP contribution in [0.25, 0.3) is 0 Å². The van der Waals surface area contributed by atoms with Crippen molar-refractivity contribution in [1.82, 2.24) is 10.6 Å². The Labute approximate surface area is 159 Å². The molecule has 0 saturated carbocycles. The molecule has 0 radical (unpaired) electrons. The molecule has 0 saturated heterocycles. The van der Waals surface area contributed by atoms with E-state index in [1.807, 2.05) is 25.1 Å². The van der Waals surface area contributed by atoms with Crippen LogP contribution >= 0.6 is 24.0 Å². The number of fused-ring (bicyclic) bond motifs is 1. The second-order valence-electron chi connectivity index (χ2n) is 5.03. The van der Waals surface area contributed by atoms with Gasteiger partial charge in [0.25, 0.3) is 0 Å². The molecule has 0 spiro atoms. The second-order valence-corrected chi connectivity index (χ2v) is 5.03. The highest BCUT2D eigenvalue weighted by Gasteiger charge is 2.14. The summed E-state index contributed by atoms with van der Waals surface area (Å²) in [7, 11) is 0. The number of amides is 1. The van der Waals surface area contributed by atoms with Crippen molar-refractivity contribution in [2.45, 2.75) is 19.8 Å². The van der Waals surface area contributed by atoms with E-state index >= 15 is 0 Å². The molecule has 0 aromatic heterocycles. The summed E-state index contributed by atoms with van der Waals surface area (Å²) in [5.41, 5.74) is 1.98. The lowest BCUT2D eigenvalue weighted by Crippen LogP contribution is -2.37. The van der Waals surface area contributed by atoms with Gasteiger partial charge in [-0.25, -0.2) is 4.99 Å². The highest BCUT2D eigenvalue weighted by atomic mass is 127. The van der Waals surface area contributed by atoms with E-state index in [1.54, 1.807) is 0 Å². The summed E-state index contributed by atoms with van der Waals surface area (Å²) in [6.07, 6.45) is 6.49. The van der Waals surface area contributed by atoms with Gasteiger partial charge < -0.3 is 20.7 Å². The first-order valence-electron chi connectivity index (χ1n) is 7.74. The SMILES string of the molecule is C#CCNC(=NCCOc1ccc2c(c1)CCC(=O)N2)NCC.I. The smallest absolute Gasteiger partial charge is 0.224 e. The highest BCUT2D eigenvalue weighted by molar-refractivity contribution is 14.0. The maximum absolute atomic E-state index is 11.3. The fourth-order valence-electron chi connectivity index (χ4n) is 2.25. The number of hydrogen-bond donors (Lipinski definition) is 3. The Hall–Kier alpha value is -1.95. The predicted octanol–water partition coefficient (Wildman–Crippen LogP) is 1.76. The summed E-state index contributed by atoms with van der Waals surface area (Å²) >= 11 is 0. The van der Waals surface area contributed by atoms with Crippen molar-refractivity contribution in [2.75, 3.05) is 31.6 Å². The van der Waals surface area contributed by atoms with Crippen LogP contribution in [-0.4, -0.2) is 38.1 Å². The summed E-state index contributed by atoms with van der Waals surface area (Å²) in [5.74, 6) is 4.05. The van der Waals surface area contributed by atoms with Gasteiger partial charge in [-0.2, -0.15) is 0 Å². The van der Waals surface area contributed by atoms with Crippen LogP contribution in [0.3, 0.4) is 0 Å². The van der Waals surface area contributed by atoms with Gasteiger partial charge in [0, 0.05) is 18.7 Å². The highest BCUT2D eigenvalue weighted by Crippen LogP contribution is 2.26. The van der Waals surface area contributed by atoms with Gasteiger partial charge in [-0.3, -0.25) is 4.79 Å². The number of anilines is 1. The van der Waals surface area contributed by atoms with Crippen molar-refractivity contribution in [3.63, 3.8) is 0 Å².